The van der Waals surface area contributed by atoms with Crippen molar-refractivity contribution in [2.45, 2.75) is 17.1 Å². The van der Waals surface area contributed by atoms with E-state index in [0.717, 1.165) is 17.0 Å². The van der Waals surface area contributed by atoms with Gasteiger partial charge in [0.25, 0.3) is 0 Å². The van der Waals surface area contributed by atoms with E-state index >= 15 is 0 Å². The number of nitrogens with zero attached hydrogens (tertiary/aromatic N) is 7. The smallest absolute Gasteiger partial charge is 0.202 e. The van der Waals surface area contributed by atoms with Gasteiger partial charge in [-0.15, -0.1) is 20.4 Å². The van der Waals surface area contributed by atoms with Crippen LogP contribution in [0.3, 0.4) is 0 Å². The summed E-state index contributed by atoms with van der Waals surface area (Å²) in [5.41, 5.74) is 1.98. The number of rotatable bonds is 6. The fourth-order valence-corrected chi connectivity index (χ4v) is 3.41. The molecule has 0 spiro atoms. The molecule has 0 atom stereocenters. The quantitative estimate of drug-likeness (QED) is 0.483. The van der Waals surface area contributed by atoms with E-state index < -0.39 is 0 Å². The summed E-state index contributed by atoms with van der Waals surface area (Å²) < 4.78 is 7.47. The van der Waals surface area contributed by atoms with Crippen molar-refractivity contribution in [1.29, 1.82) is 5.26 Å². The van der Waals surface area contributed by atoms with Crippen molar-refractivity contribution in [2.75, 3.05) is 6.61 Å². The predicted molar refractivity (Wildman–Crippen MR) is 107 cm³/mol. The summed E-state index contributed by atoms with van der Waals surface area (Å²) in [6.07, 6.45) is 3.45. The lowest BCUT2D eigenvalue weighted by Crippen LogP contribution is -2.01. The summed E-state index contributed by atoms with van der Waals surface area (Å²) in [5, 5.41) is 26.8. The normalized spacial score (nSPS) is 10.5. The fraction of sp³-hybridized carbons (Fsp3) is 0.100. The largest absolute Gasteiger partial charge is 0.494 e. The molecule has 0 aliphatic heterocycles. The van der Waals surface area contributed by atoms with Gasteiger partial charge in [-0.05, 0) is 67.2 Å². The minimum atomic E-state index is 0.262. The van der Waals surface area contributed by atoms with Crippen molar-refractivity contribution < 1.29 is 4.74 Å². The van der Waals surface area contributed by atoms with Gasteiger partial charge in [0.1, 0.15) is 16.8 Å². The van der Waals surface area contributed by atoms with Gasteiger partial charge in [-0.3, -0.25) is 9.55 Å². The molecule has 0 aliphatic carbocycles. The zero-order chi connectivity index (χ0) is 20.1. The van der Waals surface area contributed by atoms with Gasteiger partial charge < -0.3 is 4.74 Å². The average Bonchev–Trinajstić information content (AvgIpc) is 3.19. The van der Waals surface area contributed by atoms with Crippen molar-refractivity contribution in [3.8, 4) is 28.9 Å². The van der Waals surface area contributed by atoms with Crippen LogP contribution in [0, 0.1) is 11.3 Å². The van der Waals surface area contributed by atoms with Gasteiger partial charge in [0, 0.05) is 18.0 Å². The fourth-order valence-electron chi connectivity index (χ4n) is 2.64. The Kier molecular flexibility index (Phi) is 5.45. The van der Waals surface area contributed by atoms with Crippen molar-refractivity contribution in [3.63, 3.8) is 0 Å². The first kappa shape index (κ1) is 18.6. The number of nitriles is 1. The second-order valence-corrected chi connectivity index (χ2v) is 6.77. The van der Waals surface area contributed by atoms with E-state index in [1.807, 2.05) is 54.0 Å². The van der Waals surface area contributed by atoms with Gasteiger partial charge in [-0.25, -0.2) is 0 Å². The van der Waals surface area contributed by atoms with Crippen LogP contribution < -0.4 is 4.74 Å². The van der Waals surface area contributed by atoms with E-state index in [0.29, 0.717) is 22.6 Å². The third kappa shape index (κ3) is 4.07. The van der Waals surface area contributed by atoms with Gasteiger partial charge in [0.15, 0.2) is 11.5 Å². The monoisotopic (exact) mass is 401 g/mol. The van der Waals surface area contributed by atoms with Gasteiger partial charge in [-0.1, -0.05) is 0 Å². The summed E-state index contributed by atoms with van der Waals surface area (Å²) in [6.45, 7) is 2.55. The molecule has 0 unspecified atom stereocenters. The molecule has 29 heavy (non-hydrogen) atoms. The SMILES string of the molecule is CCOc1ccc(-n2c(Sc3ccc(C#N)nn3)nnc2-c2cccnc2)cc1. The molecular weight excluding hydrogens is 386 g/mol. The Balaban J connectivity index is 1.76. The molecule has 4 aromatic rings. The van der Waals surface area contributed by atoms with E-state index in [9.17, 15) is 0 Å². The van der Waals surface area contributed by atoms with Gasteiger partial charge in [-0.2, -0.15) is 5.26 Å². The van der Waals surface area contributed by atoms with E-state index in [-0.39, 0.29) is 5.69 Å². The van der Waals surface area contributed by atoms with E-state index in [2.05, 4.69) is 25.4 Å². The van der Waals surface area contributed by atoms with Crippen LogP contribution in [0.1, 0.15) is 12.6 Å². The minimum Gasteiger partial charge on any atom is -0.494 e. The summed E-state index contributed by atoms with van der Waals surface area (Å²) in [6, 6.07) is 16.8. The number of pyridine rings is 1. The lowest BCUT2D eigenvalue weighted by Gasteiger charge is -2.11. The highest BCUT2D eigenvalue weighted by atomic mass is 32.2. The Morgan fingerprint density at radius 3 is 2.55 bits per heavy atom. The second-order valence-electron chi connectivity index (χ2n) is 5.78. The highest BCUT2D eigenvalue weighted by Crippen LogP contribution is 2.31. The maximum atomic E-state index is 8.90. The highest BCUT2D eigenvalue weighted by molar-refractivity contribution is 7.99. The Bertz CT molecular complexity index is 1140. The molecule has 0 amide bonds. The van der Waals surface area contributed by atoms with E-state index in [1.54, 1.807) is 24.5 Å². The predicted octanol–water partition coefficient (Wildman–Crippen LogP) is 3.54. The first-order valence-corrected chi connectivity index (χ1v) is 9.61. The number of aromatic nitrogens is 6. The van der Waals surface area contributed by atoms with Crippen molar-refractivity contribution in [3.05, 3.63) is 66.6 Å². The first-order valence-electron chi connectivity index (χ1n) is 8.79. The van der Waals surface area contributed by atoms with Crippen LogP contribution >= 0.6 is 11.8 Å². The highest BCUT2D eigenvalue weighted by Gasteiger charge is 2.17. The molecule has 0 aliphatic rings. The Hall–Kier alpha value is -3.77. The summed E-state index contributed by atoms with van der Waals surface area (Å²) in [5.74, 6) is 1.45. The molecule has 1 aromatic carbocycles. The third-order valence-electron chi connectivity index (χ3n) is 3.91. The van der Waals surface area contributed by atoms with E-state index in [1.165, 1.54) is 11.8 Å². The topological polar surface area (TPSA) is 102 Å². The molecule has 0 saturated carbocycles. The Labute approximate surface area is 171 Å². The zero-order valence-corrected chi connectivity index (χ0v) is 16.2. The molecule has 142 valence electrons. The van der Waals surface area contributed by atoms with Crippen molar-refractivity contribution in [1.82, 2.24) is 29.9 Å². The third-order valence-corrected chi connectivity index (χ3v) is 4.78. The standard InChI is InChI=1S/C20H15N7OS/c1-2-28-17-8-6-16(7-9-17)27-19(14-4-3-11-22-13-14)25-26-20(27)29-18-10-5-15(12-21)23-24-18/h3-11,13H,2H2,1H3. The Morgan fingerprint density at radius 2 is 1.90 bits per heavy atom. The molecule has 0 saturated heterocycles. The lowest BCUT2D eigenvalue weighted by atomic mass is 10.2. The first-order chi connectivity index (χ1) is 14.3. The van der Waals surface area contributed by atoms with Crippen LogP contribution in [-0.2, 0) is 0 Å². The lowest BCUT2D eigenvalue weighted by molar-refractivity contribution is 0.340. The number of ether oxygens (including phenoxy) is 1. The zero-order valence-electron chi connectivity index (χ0n) is 15.4. The maximum absolute atomic E-state index is 8.90. The van der Waals surface area contributed by atoms with Gasteiger partial charge in [0.05, 0.1) is 12.3 Å². The van der Waals surface area contributed by atoms with Crippen LogP contribution in [0.5, 0.6) is 5.75 Å². The Morgan fingerprint density at radius 1 is 1.03 bits per heavy atom. The maximum Gasteiger partial charge on any atom is 0.202 e. The molecule has 0 bridgehead atoms. The minimum absolute atomic E-state index is 0.262. The molecular formula is C20H15N7OS. The molecule has 0 radical (unpaired) electrons. The molecule has 4 rings (SSSR count). The van der Waals surface area contributed by atoms with Crippen LogP contribution in [0.25, 0.3) is 17.1 Å². The number of hydrogen-bond donors (Lipinski definition) is 0. The second kappa shape index (κ2) is 8.50. The van der Waals surface area contributed by atoms with Crippen LogP contribution in [-0.4, -0.2) is 36.6 Å². The van der Waals surface area contributed by atoms with Gasteiger partial charge >= 0.3 is 0 Å². The molecule has 8 nitrogen and oxygen atoms in total. The summed E-state index contributed by atoms with van der Waals surface area (Å²) >= 11 is 1.31. The number of hydrogen-bond acceptors (Lipinski definition) is 8. The van der Waals surface area contributed by atoms with Crippen LogP contribution in [0.15, 0.2) is 71.1 Å². The number of benzene rings is 1. The molecule has 3 aromatic heterocycles. The van der Waals surface area contributed by atoms with Crippen LogP contribution in [0.2, 0.25) is 0 Å². The summed E-state index contributed by atoms with van der Waals surface area (Å²) in [7, 11) is 0. The molecule has 3 heterocycles. The molecule has 0 fully saturated rings. The molecule has 0 N–H and O–H groups in total. The summed E-state index contributed by atoms with van der Waals surface area (Å²) in [4.78, 5) is 4.19. The molecule has 9 heteroatoms. The van der Waals surface area contributed by atoms with Crippen molar-refractivity contribution in [2.24, 2.45) is 0 Å². The van der Waals surface area contributed by atoms with Gasteiger partial charge in [0.2, 0.25) is 5.16 Å². The van der Waals surface area contributed by atoms with Crippen molar-refractivity contribution >= 4 is 11.8 Å². The average molecular weight is 401 g/mol. The van der Waals surface area contributed by atoms with E-state index in [4.69, 9.17) is 10.00 Å². The van der Waals surface area contributed by atoms with Crippen LogP contribution in [0.4, 0.5) is 0 Å².